The Balaban J connectivity index is 1.96. The molecule has 4 nitrogen and oxygen atoms in total. The Kier molecular flexibility index (Phi) is 4.31. The predicted molar refractivity (Wildman–Crippen MR) is 70.9 cm³/mol. The lowest BCUT2D eigenvalue weighted by atomic mass is 9.98. The van der Waals surface area contributed by atoms with E-state index >= 15 is 0 Å². The molecule has 0 aromatic carbocycles. The van der Waals surface area contributed by atoms with E-state index in [1.165, 1.54) is 0 Å². The van der Waals surface area contributed by atoms with Crippen LogP contribution in [0.3, 0.4) is 0 Å². The normalized spacial score (nSPS) is 15.5. The van der Waals surface area contributed by atoms with Crippen molar-refractivity contribution in [1.82, 2.24) is 15.2 Å². The highest BCUT2D eigenvalue weighted by Gasteiger charge is 2.24. The minimum absolute atomic E-state index is 0.228. The van der Waals surface area contributed by atoms with E-state index in [0.29, 0.717) is 18.9 Å². The third kappa shape index (κ3) is 3.29. The van der Waals surface area contributed by atoms with Crippen molar-refractivity contribution in [2.45, 2.75) is 32.9 Å². The lowest BCUT2D eigenvalue weighted by Crippen LogP contribution is -2.46. The van der Waals surface area contributed by atoms with Crippen LogP contribution in [0.4, 0.5) is 0 Å². The summed E-state index contributed by atoms with van der Waals surface area (Å²) < 4.78 is 0. The Bertz CT molecular complexity index is 387. The van der Waals surface area contributed by atoms with Gasteiger partial charge in [-0.1, -0.05) is 6.07 Å². The molecule has 4 heteroatoms. The zero-order valence-electron chi connectivity index (χ0n) is 11.1. The molecule has 1 fully saturated rings. The van der Waals surface area contributed by atoms with Gasteiger partial charge in [0.25, 0.3) is 0 Å². The zero-order chi connectivity index (χ0) is 13.0. The van der Waals surface area contributed by atoms with Gasteiger partial charge in [0.15, 0.2) is 0 Å². The fourth-order valence-electron chi connectivity index (χ4n) is 2.10. The minimum Gasteiger partial charge on any atom is -0.336 e. The van der Waals surface area contributed by atoms with Crippen molar-refractivity contribution >= 4 is 5.91 Å². The van der Waals surface area contributed by atoms with Crippen LogP contribution in [0, 0.1) is 5.92 Å². The van der Waals surface area contributed by atoms with Crippen LogP contribution < -0.4 is 5.32 Å². The van der Waals surface area contributed by atoms with E-state index in [2.05, 4.69) is 24.1 Å². The summed E-state index contributed by atoms with van der Waals surface area (Å²) in [5.74, 6) is 0.771. The first-order valence-corrected chi connectivity index (χ1v) is 6.56. The van der Waals surface area contributed by atoms with Crippen LogP contribution in [0.25, 0.3) is 0 Å². The van der Waals surface area contributed by atoms with Gasteiger partial charge in [0.2, 0.25) is 5.91 Å². The molecular weight excluding hydrogens is 226 g/mol. The molecule has 0 bridgehead atoms. The number of carbonyl (C=O) groups is 1. The van der Waals surface area contributed by atoms with Crippen LogP contribution in [0.15, 0.2) is 24.5 Å². The Hall–Kier alpha value is -1.42. The summed E-state index contributed by atoms with van der Waals surface area (Å²) in [4.78, 5) is 18.3. The minimum atomic E-state index is 0.228. The number of hydrogen-bond acceptors (Lipinski definition) is 3. The average molecular weight is 247 g/mol. The van der Waals surface area contributed by atoms with Crippen LogP contribution in [0.1, 0.15) is 25.8 Å². The smallest absolute Gasteiger partial charge is 0.223 e. The van der Waals surface area contributed by atoms with Crippen molar-refractivity contribution in [2.24, 2.45) is 5.92 Å². The molecule has 18 heavy (non-hydrogen) atoms. The molecule has 1 aliphatic heterocycles. The SMILES string of the molecule is CC(C)N(Cc1cccnc1)C(=O)CC1CNC1. The van der Waals surface area contributed by atoms with Crippen LogP contribution in [0.5, 0.6) is 0 Å². The quantitative estimate of drug-likeness (QED) is 0.856. The van der Waals surface area contributed by atoms with Gasteiger partial charge in [0, 0.05) is 31.4 Å². The summed E-state index contributed by atoms with van der Waals surface area (Å²) in [6.45, 7) is 6.74. The van der Waals surface area contributed by atoms with Gasteiger partial charge in [-0.15, -0.1) is 0 Å². The van der Waals surface area contributed by atoms with Crippen LogP contribution in [0.2, 0.25) is 0 Å². The van der Waals surface area contributed by atoms with E-state index in [1.54, 1.807) is 6.20 Å². The second-order valence-corrected chi connectivity index (χ2v) is 5.21. The largest absolute Gasteiger partial charge is 0.336 e. The van der Waals surface area contributed by atoms with Crippen LogP contribution in [-0.4, -0.2) is 34.9 Å². The fourth-order valence-corrected chi connectivity index (χ4v) is 2.10. The first-order chi connectivity index (χ1) is 8.66. The summed E-state index contributed by atoms with van der Waals surface area (Å²) in [7, 11) is 0. The number of rotatable bonds is 5. The number of pyridine rings is 1. The van der Waals surface area contributed by atoms with Crippen molar-refractivity contribution in [3.05, 3.63) is 30.1 Å². The molecular formula is C14H21N3O. The molecule has 2 rings (SSSR count). The maximum Gasteiger partial charge on any atom is 0.223 e. The highest BCUT2D eigenvalue weighted by molar-refractivity contribution is 5.76. The van der Waals surface area contributed by atoms with Crippen molar-refractivity contribution in [2.75, 3.05) is 13.1 Å². The molecule has 0 spiro atoms. The van der Waals surface area contributed by atoms with Crippen molar-refractivity contribution < 1.29 is 4.79 Å². The van der Waals surface area contributed by atoms with Gasteiger partial charge in [0.1, 0.15) is 0 Å². The zero-order valence-corrected chi connectivity index (χ0v) is 11.1. The van der Waals surface area contributed by atoms with E-state index in [0.717, 1.165) is 18.7 Å². The summed E-state index contributed by atoms with van der Waals surface area (Å²) in [6, 6.07) is 4.15. The van der Waals surface area contributed by atoms with Crippen molar-refractivity contribution in [3.8, 4) is 0 Å². The van der Waals surface area contributed by atoms with E-state index < -0.39 is 0 Å². The topological polar surface area (TPSA) is 45.2 Å². The first kappa shape index (κ1) is 13.0. The molecule has 0 unspecified atom stereocenters. The summed E-state index contributed by atoms with van der Waals surface area (Å²) in [5, 5.41) is 3.20. The van der Waals surface area contributed by atoms with E-state index in [1.807, 2.05) is 23.2 Å². The summed E-state index contributed by atoms with van der Waals surface area (Å²) in [6.07, 6.45) is 4.24. The second kappa shape index (κ2) is 5.96. The van der Waals surface area contributed by atoms with Crippen molar-refractivity contribution in [3.63, 3.8) is 0 Å². The van der Waals surface area contributed by atoms with Crippen molar-refractivity contribution in [1.29, 1.82) is 0 Å². The van der Waals surface area contributed by atoms with Gasteiger partial charge in [-0.3, -0.25) is 9.78 Å². The molecule has 0 aliphatic carbocycles. The molecule has 2 heterocycles. The molecule has 1 saturated heterocycles. The number of amides is 1. The second-order valence-electron chi connectivity index (χ2n) is 5.21. The lowest BCUT2D eigenvalue weighted by molar-refractivity contribution is -0.135. The molecule has 1 aromatic rings. The molecule has 1 aromatic heterocycles. The maximum atomic E-state index is 12.3. The highest BCUT2D eigenvalue weighted by atomic mass is 16.2. The molecule has 1 amide bonds. The van der Waals surface area contributed by atoms with Crippen LogP contribution >= 0.6 is 0 Å². The number of hydrogen-bond donors (Lipinski definition) is 1. The number of carbonyl (C=O) groups excluding carboxylic acids is 1. The van der Waals surface area contributed by atoms with Gasteiger partial charge in [-0.05, 0) is 44.5 Å². The Morgan fingerprint density at radius 3 is 2.83 bits per heavy atom. The van der Waals surface area contributed by atoms with Gasteiger partial charge in [-0.25, -0.2) is 0 Å². The third-order valence-electron chi connectivity index (χ3n) is 3.35. The fraction of sp³-hybridized carbons (Fsp3) is 0.571. The van der Waals surface area contributed by atoms with Gasteiger partial charge in [0.05, 0.1) is 0 Å². The highest BCUT2D eigenvalue weighted by Crippen LogP contribution is 2.14. The number of nitrogens with zero attached hydrogens (tertiary/aromatic N) is 2. The number of aromatic nitrogens is 1. The average Bonchev–Trinajstić information content (AvgIpc) is 2.31. The number of nitrogens with one attached hydrogen (secondary N) is 1. The standard InChI is InChI=1S/C14H21N3O/c1-11(2)17(10-12-4-3-5-15-7-12)14(18)6-13-8-16-9-13/h3-5,7,11,13,16H,6,8-10H2,1-2H3. The predicted octanol–water partition coefficient (Wildman–Crippen LogP) is 1.43. The van der Waals surface area contributed by atoms with Gasteiger partial charge in [-0.2, -0.15) is 0 Å². The molecule has 98 valence electrons. The van der Waals surface area contributed by atoms with E-state index in [9.17, 15) is 4.79 Å². The summed E-state index contributed by atoms with van der Waals surface area (Å²) >= 11 is 0. The Morgan fingerprint density at radius 1 is 1.56 bits per heavy atom. The molecule has 0 atom stereocenters. The maximum absolute atomic E-state index is 12.3. The summed E-state index contributed by atoms with van der Waals surface area (Å²) in [5.41, 5.74) is 1.09. The molecule has 1 N–H and O–H groups in total. The molecule has 0 radical (unpaired) electrons. The molecule has 0 saturated carbocycles. The lowest BCUT2D eigenvalue weighted by Gasteiger charge is -2.32. The van der Waals surface area contributed by atoms with E-state index in [-0.39, 0.29) is 11.9 Å². The molecule has 1 aliphatic rings. The third-order valence-corrected chi connectivity index (χ3v) is 3.35. The Labute approximate surface area is 108 Å². The van der Waals surface area contributed by atoms with E-state index in [4.69, 9.17) is 0 Å². The Morgan fingerprint density at radius 2 is 2.33 bits per heavy atom. The first-order valence-electron chi connectivity index (χ1n) is 6.56. The van der Waals surface area contributed by atoms with Crippen LogP contribution in [-0.2, 0) is 11.3 Å². The monoisotopic (exact) mass is 247 g/mol. The van der Waals surface area contributed by atoms with Gasteiger partial charge >= 0.3 is 0 Å². The van der Waals surface area contributed by atoms with Gasteiger partial charge < -0.3 is 10.2 Å².